The number of fused-ring (bicyclic) bond motifs is 1. The number of benzene rings is 1. The summed E-state index contributed by atoms with van der Waals surface area (Å²) in [6, 6.07) is 6.85. The van der Waals surface area contributed by atoms with Crippen molar-refractivity contribution in [2.75, 3.05) is 18.9 Å². The molecule has 0 aromatic heterocycles. The molecule has 114 valence electrons. The van der Waals surface area contributed by atoms with Gasteiger partial charge in [-0.1, -0.05) is 6.07 Å². The Hall–Kier alpha value is -1.00. The lowest BCUT2D eigenvalue weighted by Gasteiger charge is -2.36. The molecule has 1 aliphatic carbocycles. The average Bonchev–Trinajstić information content (AvgIpc) is 2.94. The van der Waals surface area contributed by atoms with E-state index in [-0.39, 0.29) is 18.1 Å². The van der Waals surface area contributed by atoms with E-state index in [2.05, 4.69) is 25.1 Å². The van der Waals surface area contributed by atoms with Gasteiger partial charge in [0.1, 0.15) is 0 Å². The van der Waals surface area contributed by atoms with Crippen LogP contribution in [0, 0.1) is 0 Å². The SMILES string of the molecule is CC1CN(C(=O)CSc2ccc3c(c2)CCC3)C(C)CO1. The summed E-state index contributed by atoms with van der Waals surface area (Å²) in [5.41, 5.74) is 2.96. The highest BCUT2D eigenvalue weighted by Gasteiger charge is 2.27. The fourth-order valence-electron chi connectivity index (χ4n) is 3.12. The number of thioether (sulfide) groups is 1. The zero-order chi connectivity index (χ0) is 14.8. The number of rotatable bonds is 3. The maximum atomic E-state index is 12.4. The lowest BCUT2D eigenvalue weighted by atomic mass is 10.1. The maximum absolute atomic E-state index is 12.4. The molecule has 0 spiro atoms. The minimum atomic E-state index is 0.148. The Morgan fingerprint density at radius 1 is 1.33 bits per heavy atom. The molecule has 1 aromatic carbocycles. The van der Waals surface area contributed by atoms with Crippen LogP contribution < -0.4 is 0 Å². The lowest BCUT2D eigenvalue weighted by Crippen LogP contribution is -2.50. The second kappa shape index (κ2) is 6.41. The summed E-state index contributed by atoms with van der Waals surface area (Å²) in [6.45, 7) is 5.45. The van der Waals surface area contributed by atoms with Crippen LogP contribution in [0.25, 0.3) is 0 Å². The molecule has 3 nitrogen and oxygen atoms in total. The summed E-state index contributed by atoms with van der Waals surface area (Å²) in [5, 5.41) is 0. The van der Waals surface area contributed by atoms with E-state index in [1.807, 2.05) is 11.8 Å². The monoisotopic (exact) mass is 305 g/mol. The minimum absolute atomic E-state index is 0.148. The van der Waals surface area contributed by atoms with Crippen molar-refractivity contribution in [1.82, 2.24) is 4.90 Å². The molecule has 0 saturated carbocycles. The number of hydrogen-bond acceptors (Lipinski definition) is 3. The highest BCUT2D eigenvalue weighted by atomic mass is 32.2. The molecule has 3 rings (SSSR count). The molecule has 1 fully saturated rings. The van der Waals surface area contributed by atoms with Crippen molar-refractivity contribution in [2.45, 2.75) is 50.2 Å². The van der Waals surface area contributed by atoms with Gasteiger partial charge in [-0.05, 0) is 56.4 Å². The standard InChI is InChI=1S/C17H23NO2S/c1-12-10-20-13(2)9-18(12)17(19)11-21-16-7-6-14-4-3-5-15(14)8-16/h6-8,12-13H,3-5,9-11H2,1-2H3. The van der Waals surface area contributed by atoms with Crippen molar-refractivity contribution in [3.05, 3.63) is 29.3 Å². The van der Waals surface area contributed by atoms with Gasteiger partial charge in [0.05, 0.1) is 24.5 Å². The first kappa shape index (κ1) is 14.9. The van der Waals surface area contributed by atoms with E-state index in [0.29, 0.717) is 18.9 Å². The number of hydrogen-bond donors (Lipinski definition) is 0. The molecular formula is C17H23NO2S. The quantitative estimate of drug-likeness (QED) is 0.804. The summed E-state index contributed by atoms with van der Waals surface area (Å²) in [6.07, 6.45) is 3.82. The van der Waals surface area contributed by atoms with E-state index in [4.69, 9.17) is 4.74 Å². The first-order chi connectivity index (χ1) is 10.1. The third-order valence-electron chi connectivity index (χ3n) is 4.36. The molecule has 1 aromatic rings. The van der Waals surface area contributed by atoms with Crippen LogP contribution >= 0.6 is 11.8 Å². The topological polar surface area (TPSA) is 29.5 Å². The first-order valence-electron chi connectivity index (χ1n) is 7.79. The maximum Gasteiger partial charge on any atom is 0.233 e. The molecule has 21 heavy (non-hydrogen) atoms. The van der Waals surface area contributed by atoms with Crippen molar-refractivity contribution < 1.29 is 9.53 Å². The van der Waals surface area contributed by atoms with Gasteiger partial charge in [-0.2, -0.15) is 0 Å². The van der Waals surface area contributed by atoms with E-state index in [1.165, 1.54) is 35.3 Å². The van der Waals surface area contributed by atoms with E-state index in [1.54, 1.807) is 11.8 Å². The highest BCUT2D eigenvalue weighted by Crippen LogP contribution is 2.28. The molecule has 0 bridgehead atoms. The zero-order valence-corrected chi connectivity index (χ0v) is 13.6. The predicted octanol–water partition coefficient (Wildman–Crippen LogP) is 2.90. The van der Waals surface area contributed by atoms with Crippen LogP contribution in [0.3, 0.4) is 0 Å². The average molecular weight is 305 g/mol. The van der Waals surface area contributed by atoms with Crippen molar-refractivity contribution in [1.29, 1.82) is 0 Å². The molecule has 2 aliphatic rings. The van der Waals surface area contributed by atoms with Gasteiger partial charge in [-0.3, -0.25) is 4.79 Å². The number of aryl methyl sites for hydroxylation is 2. The summed E-state index contributed by atoms with van der Waals surface area (Å²) in [5.74, 6) is 0.749. The Morgan fingerprint density at radius 2 is 2.14 bits per heavy atom. The van der Waals surface area contributed by atoms with E-state index in [0.717, 1.165) is 0 Å². The van der Waals surface area contributed by atoms with Crippen LogP contribution in [0.5, 0.6) is 0 Å². The molecular weight excluding hydrogens is 282 g/mol. The van der Waals surface area contributed by atoms with Crippen molar-refractivity contribution in [3.8, 4) is 0 Å². The molecule has 1 amide bonds. The van der Waals surface area contributed by atoms with Crippen LogP contribution in [0.4, 0.5) is 0 Å². The number of morpholine rings is 1. The van der Waals surface area contributed by atoms with Crippen LogP contribution in [0.2, 0.25) is 0 Å². The second-order valence-corrected chi connectivity index (χ2v) is 7.16. The van der Waals surface area contributed by atoms with Gasteiger partial charge in [0.15, 0.2) is 0 Å². The Morgan fingerprint density at radius 3 is 3.00 bits per heavy atom. The third kappa shape index (κ3) is 3.43. The van der Waals surface area contributed by atoms with Gasteiger partial charge in [0, 0.05) is 11.4 Å². The summed E-state index contributed by atoms with van der Waals surface area (Å²) < 4.78 is 5.58. The Balaban J connectivity index is 1.58. The molecule has 4 heteroatoms. The van der Waals surface area contributed by atoms with Crippen molar-refractivity contribution in [3.63, 3.8) is 0 Å². The Bertz CT molecular complexity index is 532. The third-order valence-corrected chi connectivity index (χ3v) is 5.34. The van der Waals surface area contributed by atoms with Crippen LogP contribution in [-0.4, -0.2) is 41.9 Å². The van der Waals surface area contributed by atoms with Gasteiger partial charge in [-0.15, -0.1) is 11.8 Å². The largest absolute Gasteiger partial charge is 0.375 e. The zero-order valence-electron chi connectivity index (χ0n) is 12.8. The van der Waals surface area contributed by atoms with Gasteiger partial charge >= 0.3 is 0 Å². The molecule has 1 heterocycles. The predicted molar refractivity (Wildman–Crippen MR) is 85.8 cm³/mol. The minimum Gasteiger partial charge on any atom is -0.375 e. The Labute approximate surface area is 131 Å². The van der Waals surface area contributed by atoms with Gasteiger partial charge in [0.25, 0.3) is 0 Å². The van der Waals surface area contributed by atoms with E-state index in [9.17, 15) is 4.79 Å². The lowest BCUT2D eigenvalue weighted by molar-refractivity contribution is -0.140. The van der Waals surface area contributed by atoms with E-state index < -0.39 is 0 Å². The second-order valence-electron chi connectivity index (χ2n) is 6.11. The molecule has 1 aliphatic heterocycles. The fourth-order valence-corrected chi connectivity index (χ4v) is 3.96. The molecule has 0 N–H and O–H groups in total. The number of nitrogens with zero attached hydrogens (tertiary/aromatic N) is 1. The molecule has 1 saturated heterocycles. The highest BCUT2D eigenvalue weighted by molar-refractivity contribution is 8.00. The van der Waals surface area contributed by atoms with Gasteiger partial charge < -0.3 is 9.64 Å². The molecule has 2 unspecified atom stereocenters. The van der Waals surface area contributed by atoms with E-state index >= 15 is 0 Å². The number of carbonyl (C=O) groups is 1. The van der Waals surface area contributed by atoms with Crippen molar-refractivity contribution >= 4 is 17.7 Å². The number of amides is 1. The smallest absolute Gasteiger partial charge is 0.233 e. The molecule has 2 atom stereocenters. The summed E-state index contributed by atoms with van der Waals surface area (Å²) in [4.78, 5) is 15.6. The van der Waals surface area contributed by atoms with Crippen LogP contribution in [0.15, 0.2) is 23.1 Å². The molecule has 0 radical (unpaired) electrons. The number of ether oxygens (including phenoxy) is 1. The van der Waals surface area contributed by atoms with Crippen LogP contribution in [-0.2, 0) is 22.4 Å². The van der Waals surface area contributed by atoms with Gasteiger partial charge in [-0.25, -0.2) is 0 Å². The normalized spacial score (nSPS) is 25.0. The van der Waals surface area contributed by atoms with Crippen molar-refractivity contribution in [2.24, 2.45) is 0 Å². The van der Waals surface area contributed by atoms with Gasteiger partial charge in [0.2, 0.25) is 5.91 Å². The Kier molecular flexibility index (Phi) is 4.55. The first-order valence-corrected chi connectivity index (χ1v) is 8.77. The fraction of sp³-hybridized carbons (Fsp3) is 0.588. The number of carbonyl (C=O) groups excluding carboxylic acids is 1. The summed E-state index contributed by atoms with van der Waals surface area (Å²) in [7, 11) is 0. The summed E-state index contributed by atoms with van der Waals surface area (Å²) >= 11 is 1.66. The van der Waals surface area contributed by atoms with Crippen LogP contribution in [0.1, 0.15) is 31.4 Å².